The monoisotopic (exact) mass is 152 g/mol. The molecule has 2 unspecified atom stereocenters. The average Bonchev–Trinajstić information content (AvgIpc) is 2.50. The van der Waals surface area contributed by atoms with Crippen LogP contribution in [0.2, 0.25) is 0 Å². The van der Waals surface area contributed by atoms with Gasteiger partial charge in [-0.05, 0) is 28.6 Å². The average molecular weight is 152 g/mol. The summed E-state index contributed by atoms with van der Waals surface area (Å²) in [5.41, 5.74) is 2.11. The lowest BCUT2D eigenvalue weighted by atomic mass is 9.76. The molecule has 2 saturated carbocycles. The molecule has 0 nitrogen and oxygen atoms in total. The molecule has 2 aliphatic carbocycles. The topological polar surface area (TPSA) is 0 Å². The van der Waals surface area contributed by atoms with Gasteiger partial charge in [0.25, 0.3) is 0 Å². The van der Waals surface area contributed by atoms with Crippen molar-refractivity contribution in [3.05, 3.63) is 0 Å². The van der Waals surface area contributed by atoms with Gasteiger partial charge in [-0.2, -0.15) is 0 Å². The molecule has 0 aromatic heterocycles. The van der Waals surface area contributed by atoms with E-state index >= 15 is 0 Å². The smallest absolute Gasteiger partial charge is 0.0224 e. The predicted octanol–water partition coefficient (Wildman–Crippen LogP) is 3.47. The fourth-order valence-corrected chi connectivity index (χ4v) is 3.68. The zero-order chi connectivity index (χ0) is 8.49. The molecule has 0 heterocycles. The van der Waals surface area contributed by atoms with E-state index in [9.17, 15) is 0 Å². The van der Waals surface area contributed by atoms with Crippen molar-refractivity contribution in [3.63, 3.8) is 0 Å². The summed E-state index contributed by atoms with van der Waals surface area (Å²) in [5.74, 6) is 1.02. The Morgan fingerprint density at radius 3 is 1.82 bits per heavy atom. The molecule has 2 rings (SSSR count). The van der Waals surface area contributed by atoms with Crippen LogP contribution in [0.4, 0.5) is 0 Å². The van der Waals surface area contributed by atoms with Gasteiger partial charge in [-0.3, -0.25) is 0 Å². The lowest BCUT2D eigenvalue weighted by Gasteiger charge is -2.29. The Labute approximate surface area is 70.4 Å². The van der Waals surface area contributed by atoms with E-state index in [0.29, 0.717) is 5.41 Å². The van der Waals surface area contributed by atoms with Crippen LogP contribution in [-0.2, 0) is 0 Å². The third kappa shape index (κ3) is 0.625. The van der Waals surface area contributed by atoms with Gasteiger partial charge in [-0.1, -0.05) is 41.0 Å². The number of hydrogen-bond donors (Lipinski definition) is 0. The van der Waals surface area contributed by atoms with Gasteiger partial charge in [0.1, 0.15) is 0 Å². The fourth-order valence-electron chi connectivity index (χ4n) is 3.68. The van der Waals surface area contributed by atoms with Crippen LogP contribution < -0.4 is 0 Å². The summed E-state index contributed by atoms with van der Waals surface area (Å²) < 4.78 is 0. The Bertz CT molecular complexity index is 190. The van der Waals surface area contributed by atoms with E-state index in [0.717, 1.165) is 16.7 Å². The first-order valence-electron chi connectivity index (χ1n) is 4.88. The second kappa shape index (κ2) is 1.53. The second-order valence-electron chi connectivity index (χ2n) is 5.79. The van der Waals surface area contributed by atoms with Gasteiger partial charge in [-0.25, -0.2) is 0 Å². The molecule has 0 radical (unpaired) electrons. The van der Waals surface area contributed by atoms with E-state index in [-0.39, 0.29) is 0 Å². The van der Waals surface area contributed by atoms with Crippen molar-refractivity contribution in [2.75, 3.05) is 0 Å². The highest BCUT2D eigenvalue weighted by Gasteiger charge is 2.87. The number of hydrogen-bond acceptors (Lipinski definition) is 0. The minimum Gasteiger partial charge on any atom is -0.0649 e. The molecule has 0 N–H and O–H groups in total. The summed E-state index contributed by atoms with van der Waals surface area (Å²) in [4.78, 5) is 0. The van der Waals surface area contributed by atoms with Crippen LogP contribution in [-0.4, -0.2) is 0 Å². The van der Waals surface area contributed by atoms with Crippen LogP contribution in [0.25, 0.3) is 0 Å². The third-order valence-corrected chi connectivity index (χ3v) is 4.80. The van der Waals surface area contributed by atoms with Crippen molar-refractivity contribution >= 4 is 0 Å². The number of fused-ring (bicyclic) bond motifs is 1. The van der Waals surface area contributed by atoms with Gasteiger partial charge >= 0.3 is 0 Å². The van der Waals surface area contributed by atoms with Crippen LogP contribution >= 0.6 is 0 Å². The van der Waals surface area contributed by atoms with Crippen molar-refractivity contribution < 1.29 is 0 Å². The molecule has 0 bridgehead atoms. The molecule has 2 atom stereocenters. The summed E-state index contributed by atoms with van der Waals surface area (Å²) in [6, 6.07) is 0. The molecule has 0 spiro atoms. The molecular formula is C11H20. The minimum absolute atomic E-state index is 0.599. The van der Waals surface area contributed by atoms with Crippen molar-refractivity contribution in [3.8, 4) is 0 Å². The highest BCUT2D eigenvalue weighted by Crippen LogP contribution is 2.93. The highest BCUT2D eigenvalue weighted by atomic mass is 14.9. The summed E-state index contributed by atoms with van der Waals surface area (Å²) in [7, 11) is 0. The molecule has 2 fully saturated rings. The maximum atomic E-state index is 2.47. The molecule has 0 aromatic rings. The molecule has 2 aliphatic rings. The van der Waals surface area contributed by atoms with Crippen LogP contribution in [0, 0.1) is 22.2 Å². The van der Waals surface area contributed by atoms with Crippen molar-refractivity contribution in [1.82, 2.24) is 0 Å². The number of rotatable bonds is 2. The summed E-state index contributed by atoms with van der Waals surface area (Å²) in [6.45, 7) is 12.1. The highest BCUT2D eigenvalue weighted by molar-refractivity contribution is 5.34. The standard InChI is InChI=1S/C11H20/c1-6-9(2,3)8-10(4)7-11(8,10)5/h8H,6-7H2,1-5H3. The van der Waals surface area contributed by atoms with Gasteiger partial charge in [-0.15, -0.1) is 0 Å². The zero-order valence-electron chi connectivity index (χ0n) is 8.49. The fraction of sp³-hybridized carbons (Fsp3) is 1.00. The van der Waals surface area contributed by atoms with Gasteiger partial charge in [0.15, 0.2) is 0 Å². The van der Waals surface area contributed by atoms with Crippen LogP contribution in [0.1, 0.15) is 47.5 Å². The minimum atomic E-state index is 0.599. The maximum Gasteiger partial charge on any atom is -0.0224 e. The van der Waals surface area contributed by atoms with E-state index in [1.165, 1.54) is 12.8 Å². The summed E-state index contributed by atoms with van der Waals surface area (Å²) in [6.07, 6.45) is 2.83. The first-order chi connectivity index (χ1) is 4.88. The van der Waals surface area contributed by atoms with Crippen molar-refractivity contribution in [2.24, 2.45) is 22.2 Å². The first kappa shape index (κ1) is 7.64. The second-order valence-corrected chi connectivity index (χ2v) is 5.79. The van der Waals surface area contributed by atoms with Crippen LogP contribution in [0.15, 0.2) is 0 Å². The molecule has 0 aliphatic heterocycles. The molecule has 0 amide bonds. The zero-order valence-corrected chi connectivity index (χ0v) is 8.49. The van der Waals surface area contributed by atoms with Crippen LogP contribution in [0.3, 0.4) is 0 Å². The molecule has 11 heavy (non-hydrogen) atoms. The largest absolute Gasteiger partial charge is 0.0649 e. The molecular weight excluding hydrogens is 132 g/mol. The quantitative estimate of drug-likeness (QED) is 0.568. The van der Waals surface area contributed by atoms with E-state index in [1.54, 1.807) is 0 Å². The van der Waals surface area contributed by atoms with Gasteiger partial charge < -0.3 is 0 Å². The summed E-state index contributed by atoms with van der Waals surface area (Å²) in [5, 5.41) is 0. The van der Waals surface area contributed by atoms with Gasteiger partial charge in [0, 0.05) is 0 Å². The van der Waals surface area contributed by atoms with Crippen molar-refractivity contribution in [1.29, 1.82) is 0 Å². The Kier molecular flexibility index (Phi) is 1.06. The van der Waals surface area contributed by atoms with E-state index in [4.69, 9.17) is 0 Å². The predicted molar refractivity (Wildman–Crippen MR) is 48.4 cm³/mol. The molecule has 0 aromatic carbocycles. The Morgan fingerprint density at radius 1 is 1.27 bits per heavy atom. The Hall–Kier alpha value is 0. The van der Waals surface area contributed by atoms with Gasteiger partial charge in [0.05, 0.1) is 0 Å². The van der Waals surface area contributed by atoms with E-state index in [1.807, 2.05) is 0 Å². The van der Waals surface area contributed by atoms with Crippen molar-refractivity contribution in [2.45, 2.75) is 47.5 Å². The Balaban J connectivity index is 2.13. The van der Waals surface area contributed by atoms with Gasteiger partial charge in [0.2, 0.25) is 0 Å². The van der Waals surface area contributed by atoms with E-state index in [2.05, 4.69) is 34.6 Å². The lowest BCUT2D eigenvalue weighted by molar-refractivity contribution is 0.200. The van der Waals surface area contributed by atoms with E-state index < -0.39 is 0 Å². The third-order valence-electron chi connectivity index (χ3n) is 4.80. The SMILES string of the molecule is CCC(C)(C)C1C2(C)CC12C. The lowest BCUT2D eigenvalue weighted by Crippen LogP contribution is -2.21. The first-order valence-corrected chi connectivity index (χ1v) is 4.88. The molecule has 0 heteroatoms. The normalized spacial score (nSPS) is 53.7. The molecule has 0 saturated heterocycles. The maximum absolute atomic E-state index is 2.47. The Morgan fingerprint density at radius 2 is 1.73 bits per heavy atom. The molecule has 64 valence electrons. The summed E-state index contributed by atoms with van der Waals surface area (Å²) >= 11 is 0. The van der Waals surface area contributed by atoms with Crippen LogP contribution in [0.5, 0.6) is 0 Å².